The van der Waals surface area contributed by atoms with E-state index in [4.69, 9.17) is 18.9 Å². The van der Waals surface area contributed by atoms with E-state index in [1.807, 2.05) is 0 Å². The minimum Gasteiger partial charge on any atom is -0.457 e. The third-order valence-corrected chi connectivity index (χ3v) is 14.5. The Morgan fingerprint density at radius 2 is 0.875 bits per heavy atom. The Morgan fingerprint density at radius 1 is 0.514 bits per heavy atom. The number of carbonyl (C=O) groups is 1. The smallest absolute Gasteiger partial charge is 0.397 e. The van der Waals surface area contributed by atoms with Gasteiger partial charge in [-0.25, -0.2) is 4.18 Å². The molecule has 1 fully saturated rings. The van der Waals surface area contributed by atoms with Gasteiger partial charge in [-0.15, -0.1) is 0 Å². The molecule has 0 amide bonds. The SMILES string of the molecule is CCCCCCCCCC/C=C\CCCCCCCCCCCCCC(=O)OC(COCCCCCCCCCCCC/C=C\CCCCCCCCCC)COC1OC(CO)C(O)C(OS(=O)(=O)O)C1O. The van der Waals surface area contributed by atoms with Gasteiger partial charge in [0.2, 0.25) is 0 Å². The summed E-state index contributed by atoms with van der Waals surface area (Å²) in [6, 6.07) is 0. The van der Waals surface area contributed by atoms with E-state index in [1.54, 1.807) is 0 Å². The molecule has 0 aliphatic carbocycles. The summed E-state index contributed by atoms with van der Waals surface area (Å²) in [5.41, 5.74) is 0. The first-order valence-electron chi connectivity index (χ1n) is 30.1. The van der Waals surface area contributed by atoms with Gasteiger partial charge in [0.15, 0.2) is 6.29 Å². The highest BCUT2D eigenvalue weighted by molar-refractivity contribution is 7.80. The quantitative estimate of drug-likeness (QED) is 0.0196. The van der Waals surface area contributed by atoms with Crippen LogP contribution in [0.3, 0.4) is 0 Å². The van der Waals surface area contributed by atoms with Gasteiger partial charge in [-0.2, -0.15) is 8.42 Å². The number of hydrogen-bond acceptors (Lipinski definition) is 11. The number of rotatable bonds is 54. The molecule has 0 aromatic rings. The van der Waals surface area contributed by atoms with Crippen LogP contribution in [0.5, 0.6) is 0 Å². The number of esters is 1. The molecule has 1 aliphatic rings. The number of allylic oxidation sites excluding steroid dienone is 4. The van der Waals surface area contributed by atoms with Gasteiger partial charge < -0.3 is 34.3 Å². The van der Waals surface area contributed by atoms with Gasteiger partial charge in [-0.05, 0) is 64.2 Å². The third-order valence-electron chi connectivity index (χ3n) is 14.0. The van der Waals surface area contributed by atoms with Crippen molar-refractivity contribution in [1.29, 1.82) is 0 Å². The average molecular weight is 1050 g/mol. The monoisotopic (exact) mass is 1040 g/mol. The molecule has 12 nitrogen and oxygen atoms in total. The highest BCUT2D eigenvalue weighted by Gasteiger charge is 2.48. The molecule has 1 saturated heterocycles. The molecule has 1 heterocycles. The van der Waals surface area contributed by atoms with Crippen LogP contribution in [-0.4, -0.2) is 97.5 Å². The summed E-state index contributed by atoms with van der Waals surface area (Å²) in [7, 11) is -5.07. The first kappa shape index (κ1) is 68.6. The Morgan fingerprint density at radius 3 is 1.25 bits per heavy atom. The molecule has 1 rings (SSSR count). The summed E-state index contributed by atoms with van der Waals surface area (Å²) in [6.45, 7) is 4.05. The lowest BCUT2D eigenvalue weighted by Crippen LogP contribution is -2.60. The van der Waals surface area contributed by atoms with E-state index < -0.39 is 59.8 Å². The van der Waals surface area contributed by atoms with Crippen LogP contribution in [0.2, 0.25) is 0 Å². The summed E-state index contributed by atoms with van der Waals surface area (Å²) in [6.07, 6.45) is 52.2. The van der Waals surface area contributed by atoms with E-state index in [0.717, 1.165) is 38.5 Å². The molecule has 0 saturated carbocycles. The largest absolute Gasteiger partial charge is 0.457 e. The summed E-state index contributed by atoms with van der Waals surface area (Å²) >= 11 is 0. The fraction of sp³-hybridized carbons (Fsp3) is 0.915. The summed E-state index contributed by atoms with van der Waals surface area (Å²) in [5.74, 6) is -0.395. The van der Waals surface area contributed by atoms with Gasteiger partial charge in [0.05, 0.1) is 19.8 Å². The molecule has 1 aliphatic heterocycles. The maximum atomic E-state index is 13.0. The maximum absolute atomic E-state index is 13.0. The van der Waals surface area contributed by atoms with Crippen LogP contribution < -0.4 is 0 Å². The summed E-state index contributed by atoms with van der Waals surface area (Å²) < 4.78 is 59.5. The molecule has 13 heteroatoms. The van der Waals surface area contributed by atoms with Crippen molar-refractivity contribution in [3.8, 4) is 0 Å². The molecule has 6 unspecified atom stereocenters. The van der Waals surface area contributed by atoms with Crippen LogP contribution in [0.25, 0.3) is 0 Å². The zero-order chi connectivity index (χ0) is 52.4. The minimum absolute atomic E-state index is 0.0387. The Hall–Kier alpha value is -1.42. The number of ether oxygens (including phenoxy) is 4. The lowest BCUT2D eigenvalue weighted by molar-refractivity contribution is -0.301. The third kappa shape index (κ3) is 42.8. The minimum atomic E-state index is -5.07. The highest BCUT2D eigenvalue weighted by Crippen LogP contribution is 2.26. The first-order chi connectivity index (χ1) is 35.1. The fourth-order valence-corrected chi connectivity index (χ4v) is 10.00. The molecule has 72 heavy (non-hydrogen) atoms. The molecular weight excluding hydrogens is 933 g/mol. The first-order valence-corrected chi connectivity index (χ1v) is 31.5. The summed E-state index contributed by atoms with van der Waals surface area (Å²) in [5, 5.41) is 30.9. The maximum Gasteiger partial charge on any atom is 0.397 e. The molecule has 0 aromatic carbocycles. The number of aliphatic hydroxyl groups excluding tert-OH is 3. The molecule has 0 aromatic heterocycles. The molecule has 426 valence electrons. The lowest BCUT2D eigenvalue weighted by Gasteiger charge is -2.41. The Labute approximate surface area is 441 Å². The van der Waals surface area contributed by atoms with Gasteiger partial charge in [-0.3, -0.25) is 9.35 Å². The van der Waals surface area contributed by atoms with E-state index in [1.165, 1.54) is 218 Å². The lowest BCUT2D eigenvalue weighted by atomic mass is 9.99. The van der Waals surface area contributed by atoms with Gasteiger partial charge >= 0.3 is 16.4 Å². The second-order valence-corrected chi connectivity index (χ2v) is 22.0. The Balaban J connectivity index is 2.27. The number of hydrogen-bond donors (Lipinski definition) is 4. The van der Waals surface area contributed by atoms with Crippen molar-refractivity contribution in [2.45, 2.75) is 320 Å². The molecule has 4 N–H and O–H groups in total. The highest BCUT2D eigenvalue weighted by atomic mass is 32.3. The number of unbranched alkanes of at least 4 members (excludes halogenated alkanes) is 37. The van der Waals surface area contributed by atoms with Crippen LogP contribution in [-0.2, 0) is 38.3 Å². The molecule has 0 bridgehead atoms. The van der Waals surface area contributed by atoms with Gasteiger partial charge in [0, 0.05) is 13.0 Å². The van der Waals surface area contributed by atoms with E-state index >= 15 is 0 Å². The van der Waals surface area contributed by atoms with Crippen molar-refractivity contribution in [3.05, 3.63) is 24.3 Å². The predicted octanol–water partition coefficient (Wildman–Crippen LogP) is 15.1. The average Bonchev–Trinajstić information content (AvgIpc) is 3.36. The zero-order valence-electron chi connectivity index (χ0n) is 46.3. The second kappa shape index (κ2) is 50.4. The fourth-order valence-electron chi connectivity index (χ4n) is 9.49. The molecule has 6 atom stereocenters. The van der Waals surface area contributed by atoms with E-state index in [-0.39, 0.29) is 19.6 Å². The van der Waals surface area contributed by atoms with Crippen LogP contribution in [0.15, 0.2) is 24.3 Å². The normalized spacial score (nSPS) is 19.0. The Kier molecular flexibility index (Phi) is 48.0. The van der Waals surface area contributed by atoms with Crippen LogP contribution in [0.1, 0.15) is 284 Å². The number of aliphatic hydroxyl groups is 3. The van der Waals surface area contributed by atoms with Crippen molar-refractivity contribution >= 4 is 16.4 Å². The van der Waals surface area contributed by atoms with E-state index in [2.05, 4.69) is 42.3 Å². The van der Waals surface area contributed by atoms with E-state index in [9.17, 15) is 33.1 Å². The molecule has 0 spiro atoms. The Bertz CT molecular complexity index is 1340. The van der Waals surface area contributed by atoms with Crippen molar-refractivity contribution in [2.24, 2.45) is 0 Å². The van der Waals surface area contributed by atoms with Gasteiger partial charge in [-0.1, -0.05) is 237 Å². The van der Waals surface area contributed by atoms with Gasteiger partial charge in [0.1, 0.15) is 30.5 Å². The van der Waals surface area contributed by atoms with Gasteiger partial charge in [0.25, 0.3) is 0 Å². The van der Waals surface area contributed by atoms with Crippen molar-refractivity contribution in [1.82, 2.24) is 0 Å². The topological polar surface area (TPSA) is 178 Å². The van der Waals surface area contributed by atoms with Crippen molar-refractivity contribution < 1.29 is 56.2 Å². The van der Waals surface area contributed by atoms with Crippen LogP contribution in [0.4, 0.5) is 0 Å². The number of carbonyl (C=O) groups excluding carboxylic acids is 1. The standard InChI is InChI=1S/C59H112O12S/c1-3-5-7-9-11-13-15-17-19-21-23-25-27-28-30-32-34-36-38-40-42-44-46-48-55(61)69-53(52-68-59-57(63)58(71-72(64,65)66)56(62)54(50-60)70-59)51-67-49-47-45-43-41-39-37-35-33-31-29-26-24-22-20-18-16-14-12-10-8-6-4-2/h21-24,53-54,56-60,62-63H,3-20,25-52H2,1-2H3,(H,64,65,66)/b23-21-,24-22-. The van der Waals surface area contributed by atoms with Crippen molar-refractivity contribution in [2.75, 3.05) is 26.4 Å². The zero-order valence-corrected chi connectivity index (χ0v) is 47.1. The summed E-state index contributed by atoms with van der Waals surface area (Å²) in [4.78, 5) is 13.0. The van der Waals surface area contributed by atoms with Crippen LogP contribution in [0, 0.1) is 0 Å². The molecular formula is C59H112O12S. The van der Waals surface area contributed by atoms with Crippen LogP contribution >= 0.6 is 0 Å². The van der Waals surface area contributed by atoms with Crippen molar-refractivity contribution in [3.63, 3.8) is 0 Å². The molecule has 0 radical (unpaired) electrons. The predicted molar refractivity (Wildman–Crippen MR) is 294 cm³/mol. The second-order valence-electron chi connectivity index (χ2n) is 20.9. The van der Waals surface area contributed by atoms with E-state index in [0.29, 0.717) is 13.0 Å².